The molecule has 4 rings (SSSR count). The fourth-order valence-electron chi connectivity index (χ4n) is 3.99. The fraction of sp³-hybridized carbons (Fsp3) is 0.500. The lowest BCUT2D eigenvalue weighted by Crippen LogP contribution is -2.38. The third-order valence-electron chi connectivity index (χ3n) is 5.34. The molecule has 2 heterocycles. The number of carbonyl (C=O) groups is 2. The topological polar surface area (TPSA) is 84.5 Å². The second-order valence-corrected chi connectivity index (χ2v) is 9.69. The van der Waals surface area contributed by atoms with Gasteiger partial charge >= 0.3 is 12.1 Å². The van der Waals surface area contributed by atoms with Gasteiger partial charge in [0.05, 0.1) is 12.6 Å². The number of hydrogen-bond donors (Lipinski definition) is 1. The quantitative estimate of drug-likeness (QED) is 0.622. The van der Waals surface area contributed by atoms with Crippen molar-refractivity contribution in [3.63, 3.8) is 0 Å². The Morgan fingerprint density at radius 1 is 1.23 bits per heavy atom. The maximum atomic E-state index is 12.9. The van der Waals surface area contributed by atoms with Crippen LogP contribution in [-0.4, -0.2) is 45.2 Å². The molecule has 3 atom stereocenters. The third kappa shape index (κ3) is 4.10. The number of imidazole rings is 1. The molecule has 1 N–H and O–H groups in total. The summed E-state index contributed by atoms with van der Waals surface area (Å²) in [6.07, 6.45) is 1.46. The second kappa shape index (κ2) is 7.72. The van der Waals surface area contributed by atoms with Crippen molar-refractivity contribution in [3.05, 3.63) is 40.3 Å². The number of esters is 1. The average Bonchev–Trinajstić information content (AvgIpc) is 3.12. The predicted molar refractivity (Wildman–Crippen MR) is 115 cm³/mol. The summed E-state index contributed by atoms with van der Waals surface area (Å²) in [5.41, 5.74) is 1.06. The van der Waals surface area contributed by atoms with E-state index in [2.05, 4.69) is 20.9 Å². The molecule has 2 fully saturated rings. The van der Waals surface area contributed by atoms with Gasteiger partial charge in [0.15, 0.2) is 5.69 Å². The summed E-state index contributed by atoms with van der Waals surface area (Å²) in [6.45, 7) is 7.61. The fourth-order valence-corrected chi connectivity index (χ4v) is 4.26. The summed E-state index contributed by atoms with van der Waals surface area (Å²) < 4.78 is 11.8. The van der Waals surface area contributed by atoms with Crippen LogP contribution in [0, 0.1) is 5.92 Å². The van der Waals surface area contributed by atoms with E-state index in [1.165, 1.54) is 0 Å². The number of hydrogen-bond acceptors (Lipinski definition) is 5. The van der Waals surface area contributed by atoms with E-state index in [9.17, 15) is 9.59 Å². The highest BCUT2D eigenvalue weighted by atomic mass is 79.9. The zero-order chi connectivity index (χ0) is 21.6. The van der Waals surface area contributed by atoms with E-state index >= 15 is 0 Å². The first-order chi connectivity index (χ1) is 14.2. The Labute approximate surface area is 184 Å². The molecule has 0 bridgehead atoms. The number of aromatic amines is 1. The van der Waals surface area contributed by atoms with Crippen molar-refractivity contribution in [2.24, 2.45) is 5.92 Å². The summed E-state index contributed by atoms with van der Waals surface area (Å²) in [5.74, 6) is 0.588. The van der Waals surface area contributed by atoms with Crippen molar-refractivity contribution in [2.45, 2.75) is 58.2 Å². The number of fused-ring (bicyclic) bond motifs is 1. The van der Waals surface area contributed by atoms with Crippen LogP contribution in [0.3, 0.4) is 0 Å². The van der Waals surface area contributed by atoms with Gasteiger partial charge in [0.25, 0.3) is 0 Å². The maximum Gasteiger partial charge on any atom is 0.411 e. The average molecular weight is 476 g/mol. The number of nitrogens with zero attached hydrogens (tertiary/aromatic N) is 2. The van der Waals surface area contributed by atoms with Crippen molar-refractivity contribution in [2.75, 3.05) is 6.61 Å². The van der Waals surface area contributed by atoms with Crippen LogP contribution in [-0.2, 0) is 9.47 Å². The van der Waals surface area contributed by atoms with Crippen LogP contribution in [0.1, 0.15) is 62.9 Å². The highest BCUT2D eigenvalue weighted by molar-refractivity contribution is 9.10. The van der Waals surface area contributed by atoms with Gasteiger partial charge in [-0.15, -0.1) is 0 Å². The van der Waals surface area contributed by atoms with Crippen molar-refractivity contribution in [1.29, 1.82) is 0 Å². The second-order valence-electron chi connectivity index (χ2n) is 8.78. The van der Waals surface area contributed by atoms with Crippen LogP contribution >= 0.6 is 15.9 Å². The molecule has 1 saturated heterocycles. The molecule has 1 aromatic heterocycles. The minimum Gasteiger partial charge on any atom is -0.461 e. The number of carbonyl (C=O) groups excluding carboxylic acids is 2. The first kappa shape index (κ1) is 20.9. The summed E-state index contributed by atoms with van der Waals surface area (Å²) >= 11 is 3.43. The molecule has 0 radical (unpaired) electrons. The van der Waals surface area contributed by atoms with Crippen LogP contribution in [0.25, 0.3) is 11.3 Å². The summed E-state index contributed by atoms with van der Waals surface area (Å²) in [5, 5.41) is 0. The molecule has 1 aliphatic carbocycles. The highest BCUT2D eigenvalue weighted by Crippen LogP contribution is 2.53. The number of nitrogens with one attached hydrogen (secondary N) is 1. The van der Waals surface area contributed by atoms with Gasteiger partial charge in [-0.3, -0.25) is 4.90 Å². The van der Waals surface area contributed by atoms with E-state index in [0.29, 0.717) is 23.1 Å². The molecule has 3 unspecified atom stereocenters. The SMILES string of the molecule is CCOC(=O)c1[nH]c(C2CC3CC3N2C(=O)OC(C)(C)C)nc1-c1ccc(Br)cc1. The summed E-state index contributed by atoms with van der Waals surface area (Å²) in [6, 6.07) is 7.51. The Bertz CT molecular complexity index is 964. The van der Waals surface area contributed by atoms with Crippen LogP contribution < -0.4 is 0 Å². The van der Waals surface area contributed by atoms with Crippen molar-refractivity contribution in [1.82, 2.24) is 14.9 Å². The first-order valence-corrected chi connectivity index (χ1v) is 11.0. The van der Waals surface area contributed by atoms with Crippen molar-refractivity contribution in [3.8, 4) is 11.3 Å². The highest BCUT2D eigenvalue weighted by Gasteiger charge is 2.56. The number of rotatable bonds is 4. The Kier molecular flexibility index (Phi) is 5.38. The number of benzene rings is 1. The third-order valence-corrected chi connectivity index (χ3v) is 5.87. The van der Waals surface area contributed by atoms with E-state index in [0.717, 1.165) is 22.9 Å². The Hall–Kier alpha value is -2.35. The number of H-pyrrole nitrogens is 1. The summed E-state index contributed by atoms with van der Waals surface area (Å²) in [7, 11) is 0. The van der Waals surface area contributed by atoms with Crippen molar-refractivity contribution < 1.29 is 19.1 Å². The van der Waals surface area contributed by atoms with Gasteiger partial charge in [-0.2, -0.15) is 0 Å². The number of ether oxygens (including phenoxy) is 2. The minimum atomic E-state index is -0.573. The molecule has 7 nitrogen and oxygen atoms in total. The maximum absolute atomic E-state index is 12.9. The zero-order valence-electron chi connectivity index (χ0n) is 17.6. The normalized spacial score (nSPS) is 22.6. The monoisotopic (exact) mass is 475 g/mol. The molecule has 2 aromatic rings. The standard InChI is InChI=1S/C22H26BrN3O4/c1-5-29-20(27)18-17(12-6-8-14(23)9-7-12)24-19(25-18)16-11-13-10-15(13)26(16)21(28)30-22(2,3)4/h6-9,13,15-16H,5,10-11H2,1-4H3,(H,24,25). The molecule has 1 amide bonds. The van der Waals surface area contributed by atoms with E-state index in [4.69, 9.17) is 14.5 Å². The molecule has 1 aliphatic heterocycles. The van der Waals surface area contributed by atoms with Crippen LogP contribution in [0.5, 0.6) is 0 Å². The molecule has 30 heavy (non-hydrogen) atoms. The Morgan fingerprint density at radius 3 is 2.57 bits per heavy atom. The van der Waals surface area contributed by atoms with Gasteiger partial charge in [0.1, 0.15) is 17.1 Å². The molecule has 0 spiro atoms. The van der Waals surface area contributed by atoms with E-state index in [-0.39, 0.29) is 24.8 Å². The molecular formula is C22H26BrN3O4. The lowest BCUT2D eigenvalue weighted by atomic mass is 10.1. The lowest BCUT2D eigenvalue weighted by molar-refractivity contribution is 0.0175. The Morgan fingerprint density at radius 2 is 1.93 bits per heavy atom. The van der Waals surface area contributed by atoms with Crippen LogP contribution in [0.4, 0.5) is 4.79 Å². The molecule has 8 heteroatoms. The number of amides is 1. The minimum absolute atomic E-state index is 0.178. The lowest BCUT2D eigenvalue weighted by Gasteiger charge is -2.29. The zero-order valence-corrected chi connectivity index (χ0v) is 19.2. The van der Waals surface area contributed by atoms with E-state index in [1.807, 2.05) is 45.0 Å². The molecular weight excluding hydrogens is 450 g/mol. The molecule has 160 valence electrons. The van der Waals surface area contributed by atoms with Crippen molar-refractivity contribution >= 4 is 28.0 Å². The molecule has 2 aliphatic rings. The molecule has 1 saturated carbocycles. The van der Waals surface area contributed by atoms with Crippen LogP contribution in [0.2, 0.25) is 0 Å². The van der Waals surface area contributed by atoms with Gasteiger partial charge < -0.3 is 14.5 Å². The van der Waals surface area contributed by atoms with E-state index in [1.54, 1.807) is 11.8 Å². The van der Waals surface area contributed by atoms with E-state index < -0.39 is 11.6 Å². The van der Waals surface area contributed by atoms with Gasteiger partial charge in [0, 0.05) is 16.1 Å². The summed E-state index contributed by atoms with van der Waals surface area (Å²) in [4.78, 5) is 35.2. The Balaban J connectivity index is 1.70. The van der Waals surface area contributed by atoms with Gasteiger partial charge in [-0.05, 0) is 58.6 Å². The van der Waals surface area contributed by atoms with Gasteiger partial charge in [-0.25, -0.2) is 14.6 Å². The first-order valence-electron chi connectivity index (χ1n) is 10.2. The smallest absolute Gasteiger partial charge is 0.411 e. The van der Waals surface area contributed by atoms with Gasteiger partial charge in [0.2, 0.25) is 0 Å². The molecule has 1 aromatic carbocycles. The number of halogens is 1. The number of piperidine rings is 1. The number of likely N-dealkylation sites (tertiary alicyclic amines) is 1. The van der Waals surface area contributed by atoms with Crippen LogP contribution in [0.15, 0.2) is 28.7 Å². The van der Waals surface area contributed by atoms with Gasteiger partial charge in [-0.1, -0.05) is 28.1 Å². The predicted octanol–water partition coefficient (Wildman–Crippen LogP) is 5.09. The number of aromatic nitrogens is 2. The largest absolute Gasteiger partial charge is 0.461 e.